The van der Waals surface area contributed by atoms with Crippen molar-refractivity contribution in [3.8, 4) is 17.2 Å². The number of aliphatic hydroxyl groups excluding tert-OH is 1. The predicted octanol–water partition coefficient (Wildman–Crippen LogP) is 1.96. The number of aliphatic hydroxyl groups is 1. The van der Waals surface area contributed by atoms with Crippen LogP contribution < -0.4 is 25.3 Å². The van der Waals surface area contributed by atoms with Crippen LogP contribution >= 0.6 is 0 Å². The number of anilines is 1. The summed E-state index contributed by atoms with van der Waals surface area (Å²) in [6, 6.07) is 10.0. The van der Waals surface area contributed by atoms with Crippen LogP contribution in [0.3, 0.4) is 0 Å². The summed E-state index contributed by atoms with van der Waals surface area (Å²) in [5.74, 6) is 1.03. The summed E-state index contributed by atoms with van der Waals surface area (Å²) < 4.78 is 15.9. The lowest BCUT2D eigenvalue weighted by atomic mass is 10.1. The SMILES string of the molecule is COc1cc(NCC(O)c2ccc(C(N)=O)cc2)cc(OC)c1OC. The summed E-state index contributed by atoms with van der Waals surface area (Å²) in [5, 5.41) is 13.4. The van der Waals surface area contributed by atoms with Gasteiger partial charge in [-0.15, -0.1) is 0 Å². The van der Waals surface area contributed by atoms with Gasteiger partial charge in [-0.2, -0.15) is 0 Å². The van der Waals surface area contributed by atoms with Gasteiger partial charge in [0.05, 0.1) is 27.4 Å². The molecule has 0 aliphatic heterocycles. The van der Waals surface area contributed by atoms with E-state index in [-0.39, 0.29) is 6.54 Å². The summed E-state index contributed by atoms with van der Waals surface area (Å²) >= 11 is 0. The number of hydrogen-bond acceptors (Lipinski definition) is 6. The first-order chi connectivity index (χ1) is 12.0. The first kappa shape index (κ1) is 18.4. The number of amides is 1. The van der Waals surface area contributed by atoms with Gasteiger partial charge in [-0.25, -0.2) is 0 Å². The zero-order valence-corrected chi connectivity index (χ0v) is 14.4. The summed E-state index contributed by atoms with van der Waals surface area (Å²) in [4.78, 5) is 11.1. The molecule has 25 heavy (non-hydrogen) atoms. The monoisotopic (exact) mass is 346 g/mol. The van der Waals surface area contributed by atoms with Gasteiger partial charge in [0, 0.05) is 29.9 Å². The number of nitrogens with one attached hydrogen (secondary N) is 1. The molecule has 1 atom stereocenters. The molecule has 2 rings (SSSR count). The molecule has 7 heteroatoms. The lowest BCUT2D eigenvalue weighted by molar-refractivity contribution is 0.1000. The summed E-state index contributed by atoms with van der Waals surface area (Å²) in [7, 11) is 4.61. The third kappa shape index (κ3) is 4.33. The van der Waals surface area contributed by atoms with E-state index in [0.717, 1.165) is 0 Å². The smallest absolute Gasteiger partial charge is 0.248 e. The van der Waals surface area contributed by atoms with Gasteiger partial charge in [0.15, 0.2) is 11.5 Å². The maximum absolute atomic E-state index is 11.1. The van der Waals surface area contributed by atoms with Gasteiger partial charge in [-0.05, 0) is 17.7 Å². The van der Waals surface area contributed by atoms with Crippen molar-refractivity contribution in [1.29, 1.82) is 0 Å². The topological polar surface area (TPSA) is 103 Å². The van der Waals surface area contributed by atoms with Crippen molar-refractivity contribution in [2.24, 2.45) is 5.73 Å². The van der Waals surface area contributed by atoms with Crippen molar-refractivity contribution >= 4 is 11.6 Å². The number of carbonyl (C=O) groups excluding carboxylic acids is 1. The van der Waals surface area contributed by atoms with Gasteiger partial charge in [0.2, 0.25) is 11.7 Å². The second kappa shape index (κ2) is 8.25. The third-order valence-corrected chi connectivity index (χ3v) is 3.74. The van der Waals surface area contributed by atoms with Crippen molar-refractivity contribution in [3.05, 3.63) is 47.5 Å². The Morgan fingerprint density at radius 3 is 2.08 bits per heavy atom. The highest BCUT2D eigenvalue weighted by molar-refractivity contribution is 5.92. The molecule has 0 aliphatic rings. The molecule has 134 valence electrons. The minimum atomic E-state index is -0.763. The number of ether oxygens (including phenoxy) is 3. The Hall–Kier alpha value is -2.93. The maximum atomic E-state index is 11.1. The molecular weight excluding hydrogens is 324 g/mol. The summed E-state index contributed by atoms with van der Waals surface area (Å²) in [5.41, 5.74) is 6.98. The minimum Gasteiger partial charge on any atom is -0.493 e. The van der Waals surface area contributed by atoms with Crippen LogP contribution in [0.25, 0.3) is 0 Å². The molecule has 0 radical (unpaired) electrons. The highest BCUT2D eigenvalue weighted by Crippen LogP contribution is 2.40. The van der Waals surface area contributed by atoms with E-state index in [9.17, 15) is 9.90 Å². The molecule has 0 bridgehead atoms. The van der Waals surface area contributed by atoms with E-state index in [1.165, 1.54) is 21.3 Å². The van der Waals surface area contributed by atoms with Crippen molar-refractivity contribution in [2.45, 2.75) is 6.10 Å². The minimum absolute atomic E-state index is 0.258. The number of rotatable bonds is 8. The van der Waals surface area contributed by atoms with Crippen LogP contribution in [0.4, 0.5) is 5.69 Å². The highest BCUT2D eigenvalue weighted by atomic mass is 16.5. The summed E-state index contributed by atoms with van der Waals surface area (Å²) in [6.45, 7) is 0.258. The molecule has 0 saturated carbocycles. The third-order valence-electron chi connectivity index (χ3n) is 3.74. The van der Waals surface area contributed by atoms with Crippen molar-refractivity contribution in [2.75, 3.05) is 33.2 Å². The van der Waals surface area contributed by atoms with E-state index in [0.29, 0.717) is 34.1 Å². The second-order valence-corrected chi connectivity index (χ2v) is 5.30. The normalized spacial score (nSPS) is 11.5. The van der Waals surface area contributed by atoms with E-state index in [1.807, 2.05) is 0 Å². The molecule has 1 amide bonds. The molecular formula is C18H22N2O5. The van der Waals surface area contributed by atoms with Gasteiger partial charge in [-0.1, -0.05) is 12.1 Å². The highest BCUT2D eigenvalue weighted by Gasteiger charge is 2.14. The van der Waals surface area contributed by atoms with E-state index in [2.05, 4.69) is 5.32 Å². The molecule has 7 nitrogen and oxygen atoms in total. The van der Waals surface area contributed by atoms with Crippen LogP contribution in [0.1, 0.15) is 22.0 Å². The molecule has 0 aromatic heterocycles. The van der Waals surface area contributed by atoms with Gasteiger partial charge >= 0.3 is 0 Å². The Morgan fingerprint density at radius 1 is 1.08 bits per heavy atom. The average molecular weight is 346 g/mol. The standard InChI is InChI=1S/C18H22N2O5/c1-23-15-8-13(9-16(24-2)17(15)25-3)20-10-14(21)11-4-6-12(7-5-11)18(19)22/h4-9,14,20-21H,10H2,1-3H3,(H2,19,22). The molecule has 0 fully saturated rings. The first-order valence-corrected chi connectivity index (χ1v) is 7.61. The molecule has 4 N–H and O–H groups in total. The number of nitrogens with two attached hydrogens (primary N) is 1. The zero-order valence-electron chi connectivity index (χ0n) is 14.4. The van der Waals surface area contributed by atoms with Crippen molar-refractivity contribution in [3.63, 3.8) is 0 Å². The van der Waals surface area contributed by atoms with Crippen LogP contribution in [-0.4, -0.2) is 38.9 Å². The Kier molecular flexibility index (Phi) is 6.08. The number of methoxy groups -OCH3 is 3. The van der Waals surface area contributed by atoms with E-state index in [1.54, 1.807) is 36.4 Å². The van der Waals surface area contributed by atoms with Crippen molar-refractivity contribution < 1.29 is 24.1 Å². The van der Waals surface area contributed by atoms with Gasteiger partial charge in [0.1, 0.15) is 0 Å². The lowest BCUT2D eigenvalue weighted by Gasteiger charge is -2.17. The predicted molar refractivity (Wildman–Crippen MR) is 94.5 cm³/mol. The summed E-state index contributed by atoms with van der Waals surface area (Å²) in [6.07, 6.45) is -0.763. The Labute approximate surface area is 146 Å². The Morgan fingerprint density at radius 2 is 1.64 bits per heavy atom. The lowest BCUT2D eigenvalue weighted by Crippen LogP contribution is -2.14. The quantitative estimate of drug-likeness (QED) is 0.675. The zero-order chi connectivity index (χ0) is 18.4. The molecule has 0 saturated heterocycles. The van der Waals surface area contributed by atoms with E-state index >= 15 is 0 Å². The second-order valence-electron chi connectivity index (χ2n) is 5.30. The molecule has 1 unspecified atom stereocenters. The van der Waals surface area contributed by atoms with Crippen LogP contribution in [0.2, 0.25) is 0 Å². The number of primary amides is 1. The molecule has 0 spiro atoms. The molecule has 2 aromatic carbocycles. The molecule has 2 aromatic rings. The van der Waals surface area contributed by atoms with Crippen LogP contribution in [0, 0.1) is 0 Å². The molecule has 0 heterocycles. The van der Waals surface area contributed by atoms with Gasteiger partial charge in [0.25, 0.3) is 0 Å². The van der Waals surface area contributed by atoms with Gasteiger partial charge in [-0.3, -0.25) is 4.79 Å². The van der Waals surface area contributed by atoms with Crippen LogP contribution in [0.15, 0.2) is 36.4 Å². The average Bonchev–Trinajstić information content (AvgIpc) is 2.64. The van der Waals surface area contributed by atoms with Crippen molar-refractivity contribution in [1.82, 2.24) is 0 Å². The fourth-order valence-electron chi connectivity index (χ4n) is 2.39. The van der Waals surface area contributed by atoms with Gasteiger partial charge < -0.3 is 30.4 Å². The maximum Gasteiger partial charge on any atom is 0.248 e. The van der Waals surface area contributed by atoms with Crippen LogP contribution in [-0.2, 0) is 0 Å². The fourth-order valence-corrected chi connectivity index (χ4v) is 2.39. The fraction of sp³-hybridized carbons (Fsp3) is 0.278. The van der Waals surface area contributed by atoms with E-state index in [4.69, 9.17) is 19.9 Å². The molecule has 0 aliphatic carbocycles. The van der Waals surface area contributed by atoms with E-state index < -0.39 is 12.0 Å². The first-order valence-electron chi connectivity index (χ1n) is 7.61. The number of benzene rings is 2. The number of hydrogen-bond donors (Lipinski definition) is 3. The van der Waals surface area contributed by atoms with Crippen LogP contribution in [0.5, 0.6) is 17.2 Å². The Balaban J connectivity index is 2.10. The largest absolute Gasteiger partial charge is 0.493 e. The number of carbonyl (C=O) groups is 1. The Bertz CT molecular complexity index is 706.